The zero-order valence-corrected chi connectivity index (χ0v) is 20.5. The zero-order valence-electron chi connectivity index (χ0n) is 19.7. The summed E-state index contributed by atoms with van der Waals surface area (Å²) in [5, 5.41) is 12.2. The number of hydrogen-bond donors (Lipinski definition) is 1. The molecular weight excluding hydrogens is 452 g/mol. The highest BCUT2D eigenvalue weighted by Gasteiger charge is 2.25. The van der Waals surface area contributed by atoms with E-state index in [1.54, 1.807) is 7.11 Å². The number of thioether (sulfide) groups is 1. The lowest BCUT2D eigenvalue weighted by Gasteiger charge is -2.17. The van der Waals surface area contributed by atoms with Gasteiger partial charge in [-0.1, -0.05) is 23.9 Å². The molecule has 34 heavy (non-hydrogen) atoms. The number of nitrogens with zero attached hydrogens (tertiary/aromatic N) is 3. The van der Waals surface area contributed by atoms with Crippen LogP contribution in [0.25, 0.3) is 11.4 Å². The van der Waals surface area contributed by atoms with Gasteiger partial charge in [0.2, 0.25) is 5.91 Å². The first-order chi connectivity index (χ1) is 16.6. The van der Waals surface area contributed by atoms with Gasteiger partial charge in [-0.2, -0.15) is 0 Å². The average Bonchev–Trinajstić information content (AvgIpc) is 3.51. The molecule has 0 bridgehead atoms. The Morgan fingerprint density at radius 1 is 1.24 bits per heavy atom. The fourth-order valence-electron chi connectivity index (χ4n) is 3.78. The summed E-state index contributed by atoms with van der Waals surface area (Å²) >= 11 is 1.38. The van der Waals surface area contributed by atoms with Crippen LogP contribution in [0.1, 0.15) is 26.7 Å². The predicted molar refractivity (Wildman–Crippen MR) is 133 cm³/mol. The Balaban J connectivity index is 1.54. The molecule has 180 valence electrons. The van der Waals surface area contributed by atoms with E-state index in [1.165, 1.54) is 11.8 Å². The van der Waals surface area contributed by atoms with Crippen LogP contribution in [-0.2, 0) is 16.1 Å². The number of para-hydroxylation sites is 2. The number of nitrogens with one attached hydrogen (secondary N) is 1. The lowest BCUT2D eigenvalue weighted by atomic mass is 10.2. The second kappa shape index (κ2) is 11.4. The van der Waals surface area contributed by atoms with E-state index in [0.717, 1.165) is 36.6 Å². The first-order valence-corrected chi connectivity index (χ1v) is 12.4. The van der Waals surface area contributed by atoms with Crippen LogP contribution in [0.5, 0.6) is 11.5 Å². The molecule has 3 aromatic rings. The average molecular weight is 483 g/mol. The van der Waals surface area contributed by atoms with Crippen molar-refractivity contribution in [3.05, 3.63) is 48.5 Å². The second-order valence-electron chi connectivity index (χ2n) is 7.96. The van der Waals surface area contributed by atoms with E-state index in [1.807, 2.05) is 62.4 Å². The van der Waals surface area contributed by atoms with Crippen LogP contribution >= 0.6 is 11.8 Å². The molecule has 4 rings (SSSR count). The number of carbonyl (C=O) groups excluding carboxylic acids is 1. The van der Waals surface area contributed by atoms with Gasteiger partial charge in [-0.05, 0) is 63.1 Å². The summed E-state index contributed by atoms with van der Waals surface area (Å²) in [5.41, 5.74) is 1.59. The van der Waals surface area contributed by atoms with E-state index in [9.17, 15) is 4.79 Å². The van der Waals surface area contributed by atoms with Crippen molar-refractivity contribution < 1.29 is 19.0 Å². The maximum absolute atomic E-state index is 13.0. The molecule has 2 atom stereocenters. The van der Waals surface area contributed by atoms with Crippen molar-refractivity contribution in [1.82, 2.24) is 14.8 Å². The zero-order chi connectivity index (χ0) is 23.9. The van der Waals surface area contributed by atoms with Crippen LogP contribution in [0, 0.1) is 0 Å². The van der Waals surface area contributed by atoms with Crippen molar-refractivity contribution in [2.24, 2.45) is 0 Å². The first-order valence-electron chi connectivity index (χ1n) is 11.5. The number of benzene rings is 2. The van der Waals surface area contributed by atoms with Gasteiger partial charge in [-0.15, -0.1) is 10.2 Å². The van der Waals surface area contributed by atoms with Crippen molar-refractivity contribution >= 4 is 23.4 Å². The third kappa shape index (κ3) is 5.71. The summed E-state index contributed by atoms with van der Waals surface area (Å²) in [6.07, 6.45) is 2.15. The summed E-state index contributed by atoms with van der Waals surface area (Å²) in [4.78, 5) is 13.0. The van der Waals surface area contributed by atoms with Crippen LogP contribution < -0.4 is 14.8 Å². The molecule has 1 fully saturated rings. The van der Waals surface area contributed by atoms with Crippen LogP contribution in [-0.4, -0.2) is 52.3 Å². The Morgan fingerprint density at radius 2 is 2.03 bits per heavy atom. The molecule has 2 unspecified atom stereocenters. The third-order valence-corrected chi connectivity index (χ3v) is 6.65. The SMILES string of the molecule is CCOc1ccccc1NC(=O)C(C)Sc1nnc(-c2ccc(OC)cc2)n1CC1CCCO1. The molecule has 1 amide bonds. The summed E-state index contributed by atoms with van der Waals surface area (Å²) < 4.78 is 18.8. The molecule has 1 aromatic heterocycles. The Kier molecular flexibility index (Phi) is 8.08. The smallest absolute Gasteiger partial charge is 0.237 e. The van der Waals surface area contributed by atoms with Gasteiger partial charge in [0.05, 0.1) is 37.3 Å². The monoisotopic (exact) mass is 482 g/mol. The fraction of sp³-hybridized carbons (Fsp3) is 0.400. The largest absolute Gasteiger partial charge is 0.497 e. The molecule has 1 N–H and O–H groups in total. The number of amides is 1. The minimum Gasteiger partial charge on any atom is -0.497 e. The van der Waals surface area contributed by atoms with Crippen molar-refractivity contribution in [2.75, 3.05) is 25.6 Å². The first kappa shape index (κ1) is 24.1. The summed E-state index contributed by atoms with van der Waals surface area (Å²) in [6, 6.07) is 15.2. The number of ether oxygens (including phenoxy) is 3. The van der Waals surface area contributed by atoms with Gasteiger partial charge in [0.1, 0.15) is 11.5 Å². The van der Waals surface area contributed by atoms with Crippen molar-refractivity contribution in [3.8, 4) is 22.9 Å². The Morgan fingerprint density at radius 3 is 2.74 bits per heavy atom. The van der Waals surface area contributed by atoms with Gasteiger partial charge in [-0.25, -0.2) is 0 Å². The number of aromatic nitrogens is 3. The lowest BCUT2D eigenvalue weighted by Crippen LogP contribution is -2.24. The Labute approximate surface area is 204 Å². The van der Waals surface area contributed by atoms with E-state index in [0.29, 0.717) is 29.7 Å². The van der Waals surface area contributed by atoms with Gasteiger partial charge in [0.15, 0.2) is 11.0 Å². The van der Waals surface area contributed by atoms with E-state index >= 15 is 0 Å². The molecule has 8 nitrogen and oxygen atoms in total. The molecule has 0 saturated carbocycles. The molecule has 0 spiro atoms. The number of carbonyl (C=O) groups is 1. The number of hydrogen-bond acceptors (Lipinski definition) is 7. The van der Waals surface area contributed by atoms with Gasteiger partial charge in [0, 0.05) is 12.2 Å². The topological polar surface area (TPSA) is 87.5 Å². The van der Waals surface area contributed by atoms with Crippen molar-refractivity contribution in [1.29, 1.82) is 0 Å². The van der Waals surface area contributed by atoms with Crippen LogP contribution in [0.4, 0.5) is 5.69 Å². The molecular formula is C25H30N4O4S. The van der Waals surface area contributed by atoms with E-state index < -0.39 is 5.25 Å². The third-order valence-electron chi connectivity index (χ3n) is 5.57. The van der Waals surface area contributed by atoms with Gasteiger partial charge < -0.3 is 19.5 Å². The molecule has 1 aliphatic heterocycles. The Bertz CT molecular complexity index is 1100. The molecule has 2 aromatic carbocycles. The minimum absolute atomic E-state index is 0.106. The number of anilines is 1. The molecule has 1 aliphatic rings. The highest BCUT2D eigenvalue weighted by atomic mass is 32.2. The summed E-state index contributed by atoms with van der Waals surface area (Å²) in [6.45, 7) is 5.71. The lowest BCUT2D eigenvalue weighted by molar-refractivity contribution is -0.115. The van der Waals surface area contributed by atoms with Crippen LogP contribution in [0.15, 0.2) is 53.7 Å². The van der Waals surface area contributed by atoms with E-state index in [2.05, 4.69) is 20.1 Å². The molecule has 0 radical (unpaired) electrons. The number of rotatable bonds is 10. The van der Waals surface area contributed by atoms with E-state index in [-0.39, 0.29) is 12.0 Å². The molecule has 2 heterocycles. The normalized spacial score (nSPS) is 16.3. The Hall–Kier alpha value is -3.04. The van der Waals surface area contributed by atoms with Crippen LogP contribution in [0.3, 0.4) is 0 Å². The fourth-order valence-corrected chi connectivity index (χ4v) is 4.64. The summed E-state index contributed by atoms with van der Waals surface area (Å²) in [7, 11) is 1.64. The van der Waals surface area contributed by atoms with Crippen molar-refractivity contribution in [2.45, 2.75) is 49.7 Å². The van der Waals surface area contributed by atoms with Gasteiger partial charge in [0.25, 0.3) is 0 Å². The maximum atomic E-state index is 13.0. The predicted octanol–water partition coefficient (Wildman–Crippen LogP) is 4.65. The van der Waals surface area contributed by atoms with Gasteiger partial charge >= 0.3 is 0 Å². The van der Waals surface area contributed by atoms with Crippen LogP contribution in [0.2, 0.25) is 0 Å². The highest BCUT2D eigenvalue weighted by Crippen LogP contribution is 2.31. The van der Waals surface area contributed by atoms with E-state index in [4.69, 9.17) is 14.2 Å². The minimum atomic E-state index is -0.397. The quantitative estimate of drug-likeness (QED) is 0.421. The molecule has 0 aliphatic carbocycles. The van der Waals surface area contributed by atoms with Crippen molar-refractivity contribution in [3.63, 3.8) is 0 Å². The molecule has 9 heteroatoms. The standard InChI is InChI=1S/C25H30N4O4S/c1-4-32-22-10-6-5-9-21(22)26-24(30)17(2)34-25-28-27-23(18-11-13-19(31-3)14-12-18)29(25)16-20-8-7-15-33-20/h5-6,9-14,17,20H,4,7-8,15-16H2,1-3H3,(H,26,30). The number of methoxy groups -OCH3 is 1. The highest BCUT2D eigenvalue weighted by molar-refractivity contribution is 8.00. The second-order valence-corrected chi connectivity index (χ2v) is 9.27. The summed E-state index contributed by atoms with van der Waals surface area (Å²) in [5.74, 6) is 2.05. The molecule has 1 saturated heterocycles. The van der Waals surface area contributed by atoms with Gasteiger partial charge in [-0.3, -0.25) is 9.36 Å². The maximum Gasteiger partial charge on any atom is 0.237 e.